The summed E-state index contributed by atoms with van der Waals surface area (Å²) in [5.41, 5.74) is 3.12. The van der Waals surface area contributed by atoms with Crippen molar-refractivity contribution in [3.63, 3.8) is 0 Å². The van der Waals surface area contributed by atoms with Crippen molar-refractivity contribution in [1.82, 2.24) is 15.2 Å². The molecule has 4 rings (SSSR count). The molecule has 1 aliphatic heterocycles. The molecule has 32 heavy (non-hydrogen) atoms. The normalized spacial score (nSPS) is 14.8. The monoisotopic (exact) mass is 435 g/mol. The number of hydrogen-bond acceptors (Lipinski definition) is 4. The van der Waals surface area contributed by atoms with Crippen LogP contribution in [0, 0.1) is 6.92 Å². The van der Waals surface area contributed by atoms with Gasteiger partial charge < -0.3 is 14.6 Å². The number of amides is 2. The summed E-state index contributed by atoms with van der Waals surface area (Å²) < 4.78 is 19.9. The molecule has 1 aliphatic rings. The summed E-state index contributed by atoms with van der Waals surface area (Å²) in [5.74, 6) is -0.395. The van der Waals surface area contributed by atoms with Gasteiger partial charge in [-0.3, -0.25) is 9.59 Å². The Morgan fingerprint density at radius 1 is 1.12 bits per heavy atom. The molecule has 3 aromatic rings. The number of piperidine rings is 1. The lowest BCUT2D eigenvalue weighted by Gasteiger charge is -2.25. The number of aromatic nitrogens is 1. The van der Waals surface area contributed by atoms with E-state index in [9.17, 15) is 14.0 Å². The Hall–Kier alpha value is -3.48. The van der Waals surface area contributed by atoms with E-state index in [1.54, 1.807) is 30.3 Å². The number of nitrogens with one attached hydrogen (secondary N) is 1. The van der Waals surface area contributed by atoms with Gasteiger partial charge in [0.25, 0.3) is 11.8 Å². The van der Waals surface area contributed by atoms with E-state index in [1.165, 1.54) is 6.26 Å². The van der Waals surface area contributed by atoms with Gasteiger partial charge in [0, 0.05) is 25.2 Å². The number of carbonyl (C=O) groups is 2. The Labute approximate surface area is 186 Å². The molecule has 2 heterocycles. The number of alkyl halides is 1. The molecule has 0 radical (unpaired) electrons. The molecule has 1 aromatic heterocycles. The zero-order chi connectivity index (χ0) is 22.5. The number of aryl methyl sites for hydroxylation is 1. The Bertz CT molecular complexity index is 1090. The molecule has 1 saturated heterocycles. The van der Waals surface area contributed by atoms with Gasteiger partial charge in [-0.2, -0.15) is 0 Å². The van der Waals surface area contributed by atoms with Crippen LogP contribution in [0.15, 0.2) is 59.2 Å². The van der Waals surface area contributed by atoms with Crippen molar-refractivity contribution >= 4 is 11.8 Å². The maximum Gasteiger partial charge on any atom is 0.275 e. The number of oxazole rings is 1. The van der Waals surface area contributed by atoms with E-state index in [-0.39, 0.29) is 12.5 Å². The van der Waals surface area contributed by atoms with Crippen LogP contribution in [-0.2, 0) is 11.3 Å². The van der Waals surface area contributed by atoms with Crippen LogP contribution in [0.5, 0.6) is 0 Å². The van der Waals surface area contributed by atoms with Gasteiger partial charge in [0.05, 0.1) is 0 Å². The molecular formula is C25H26FN3O3. The second-order valence-electron chi connectivity index (χ2n) is 8.03. The van der Waals surface area contributed by atoms with E-state index < -0.39 is 12.1 Å². The SMILES string of the molecule is Cc1cc(CNC(=O)C(F)c2ccccc2)ccc1-c1nc(C(=O)N2CCCCC2)co1. The van der Waals surface area contributed by atoms with Gasteiger partial charge in [0.15, 0.2) is 5.69 Å². The predicted molar refractivity (Wildman–Crippen MR) is 119 cm³/mol. The van der Waals surface area contributed by atoms with Gasteiger partial charge >= 0.3 is 0 Å². The lowest BCUT2D eigenvalue weighted by Crippen LogP contribution is -2.35. The first-order chi connectivity index (χ1) is 15.5. The second-order valence-corrected chi connectivity index (χ2v) is 8.03. The molecule has 6 nitrogen and oxygen atoms in total. The molecule has 166 valence electrons. The van der Waals surface area contributed by atoms with Gasteiger partial charge in [-0.25, -0.2) is 9.37 Å². The van der Waals surface area contributed by atoms with E-state index in [0.717, 1.165) is 49.0 Å². The van der Waals surface area contributed by atoms with Crippen LogP contribution < -0.4 is 5.32 Å². The number of halogens is 1. The van der Waals surface area contributed by atoms with Crippen molar-refractivity contribution in [2.75, 3.05) is 13.1 Å². The van der Waals surface area contributed by atoms with Crippen molar-refractivity contribution < 1.29 is 18.4 Å². The molecule has 2 aromatic carbocycles. The highest BCUT2D eigenvalue weighted by molar-refractivity contribution is 5.92. The zero-order valence-corrected chi connectivity index (χ0v) is 18.0. The van der Waals surface area contributed by atoms with Crippen molar-refractivity contribution in [3.05, 3.63) is 77.2 Å². The van der Waals surface area contributed by atoms with E-state index in [2.05, 4.69) is 10.3 Å². The predicted octanol–water partition coefficient (Wildman–Crippen LogP) is 4.60. The Morgan fingerprint density at radius 3 is 2.59 bits per heavy atom. The minimum atomic E-state index is -1.71. The number of hydrogen-bond donors (Lipinski definition) is 1. The minimum Gasteiger partial charge on any atom is -0.444 e. The number of carbonyl (C=O) groups excluding carboxylic acids is 2. The summed E-state index contributed by atoms with van der Waals surface area (Å²) >= 11 is 0. The molecule has 0 spiro atoms. The first-order valence-corrected chi connectivity index (χ1v) is 10.8. The largest absolute Gasteiger partial charge is 0.444 e. The summed E-state index contributed by atoms with van der Waals surface area (Å²) in [6.45, 7) is 3.62. The van der Waals surface area contributed by atoms with Gasteiger partial charge in [0.2, 0.25) is 12.1 Å². The van der Waals surface area contributed by atoms with Crippen LogP contribution in [0.4, 0.5) is 4.39 Å². The van der Waals surface area contributed by atoms with Crippen LogP contribution in [0.1, 0.15) is 52.6 Å². The fourth-order valence-electron chi connectivity index (χ4n) is 3.88. The summed E-state index contributed by atoms with van der Waals surface area (Å²) in [6.07, 6.45) is 2.88. The first kappa shape index (κ1) is 21.7. The van der Waals surface area contributed by atoms with Crippen LogP contribution in [0.3, 0.4) is 0 Å². The quantitative estimate of drug-likeness (QED) is 0.614. The highest BCUT2D eigenvalue weighted by atomic mass is 19.1. The van der Waals surface area contributed by atoms with Gasteiger partial charge in [-0.15, -0.1) is 0 Å². The van der Waals surface area contributed by atoms with Crippen molar-refractivity contribution in [2.24, 2.45) is 0 Å². The van der Waals surface area contributed by atoms with E-state index in [1.807, 2.05) is 30.0 Å². The fraction of sp³-hybridized carbons (Fsp3) is 0.320. The average molecular weight is 435 g/mol. The van der Waals surface area contributed by atoms with Crippen molar-refractivity contribution in [3.8, 4) is 11.5 Å². The van der Waals surface area contributed by atoms with Gasteiger partial charge in [-0.05, 0) is 48.9 Å². The topological polar surface area (TPSA) is 75.4 Å². The third kappa shape index (κ3) is 4.88. The number of benzene rings is 2. The Morgan fingerprint density at radius 2 is 1.88 bits per heavy atom. The Balaban J connectivity index is 1.40. The van der Waals surface area contributed by atoms with E-state index >= 15 is 0 Å². The average Bonchev–Trinajstić information content (AvgIpc) is 3.32. The third-order valence-corrected chi connectivity index (χ3v) is 5.68. The number of likely N-dealkylation sites (tertiary alicyclic amines) is 1. The van der Waals surface area contributed by atoms with E-state index in [0.29, 0.717) is 17.1 Å². The fourth-order valence-corrected chi connectivity index (χ4v) is 3.88. The molecule has 1 atom stereocenters. The van der Waals surface area contributed by atoms with Gasteiger partial charge in [0.1, 0.15) is 6.26 Å². The molecule has 7 heteroatoms. The lowest BCUT2D eigenvalue weighted by molar-refractivity contribution is -0.126. The number of rotatable bonds is 6. The summed E-state index contributed by atoms with van der Waals surface area (Å²) in [7, 11) is 0. The molecule has 0 aliphatic carbocycles. The molecule has 1 fully saturated rings. The highest BCUT2D eigenvalue weighted by Crippen LogP contribution is 2.25. The second kappa shape index (κ2) is 9.77. The molecular weight excluding hydrogens is 409 g/mol. The summed E-state index contributed by atoms with van der Waals surface area (Å²) in [5, 5.41) is 2.64. The molecule has 0 saturated carbocycles. The number of nitrogens with zero attached hydrogens (tertiary/aromatic N) is 2. The van der Waals surface area contributed by atoms with Gasteiger partial charge in [-0.1, -0.05) is 42.5 Å². The van der Waals surface area contributed by atoms with Crippen LogP contribution in [0.2, 0.25) is 0 Å². The van der Waals surface area contributed by atoms with Crippen LogP contribution in [-0.4, -0.2) is 34.8 Å². The smallest absolute Gasteiger partial charge is 0.275 e. The molecule has 1 unspecified atom stereocenters. The Kier molecular flexibility index (Phi) is 6.63. The standard InChI is InChI=1S/C25H26FN3O3/c1-17-14-18(15-27-23(30)22(26)19-8-4-2-5-9-19)10-11-20(17)24-28-21(16-32-24)25(31)29-12-6-3-7-13-29/h2,4-5,8-11,14,16,22H,3,6-7,12-13,15H2,1H3,(H,27,30). The van der Waals surface area contributed by atoms with Crippen LogP contribution in [0.25, 0.3) is 11.5 Å². The maximum atomic E-state index is 14.3. The minimum absolute atomic E-state index is 0.101. The van der Waals surface area contributed by atoms with Crippen LogP contribution >= 0.6 is 0 Å². The van der Waals surface area contributed by atoms with Crippen molar-refractivity contribution in [2.45, 2.75) is 38.9 Å². The molecule has 1 N–H and O–H groups in total. The lowest BCUT2D eigenvalue weighted by atomic mass is 10.0. The summed E-state index contributed by atoms with van der Waals surface area (Å²) in [4.78, 5) is 31.0. The first-order valence-electron chi connectivity index (χ1n) is 10.8. The highest BCUT2D eigenvalue weighted by Gasteiger charge is 2.22. The molecule has 2 amide bonds. The maximum absolute atomic E-state index is 14.3. The van der Waals surface area contributed by atoms with E-state index in [4.69, 9.17) is 4.42 Å². The van der Waals surface area contributed by atoms with Crippen molar-refractivity contribution in [1.29, 1.82) is 0 Å². The zero-order valence-electron chi connectivity index (χ0n) is 18.0. The summed E-state index contributed by atoms with van der Waals surface area (Å²) in [6, 6.07) is 13.9. The third-order valence-electron chi connectivity index (χ3n) is 5.68. The molecule has 0 bridgehead atoms.